The molecule has 1 unspecified atom stereocenters. The fraction of sp³-hybridized carbons (Fsp3) is 0.636. The summed E-state index contributed by atoms with van der Waals surface area (Å²) >= 11 is 0. The van der Waals surface area contributed by atoms with E-state index < -0.39 is 24.9 Å². The summed E-state index contributed by atoms with van der Waals surface area (Å²) in [5.41, 5.74) is 0.776. The Morgan fingerprint density at radius 1 is 1.56 bits per heavy atom. The normalized spacial score (nSPS) is 13.4. The minimum absolute atomic E-state index is 0.307. The minimum Gasteiger partial charge on any atom is -0.348 e. The van der Waals surface area contributed by atoms with Crippen LogP contribution in [-0.4, -0.2) is 21.9 Å². The number of hydrogen-bond donors (Lipinski definition) is 1. The van der Waals surface area contributed by atoms with Crippen molar-refractivity contribution in [3.8, 4) is 0 Å². The molecule has 1 N–H and O–H groups in total. The molecule has 18 heavy (non-hydrogen) atoms. The van der Waals surface area contributed by atoms with E-state index in [4.69, 9.17) is 0 Å². The summed E-state index contributed by atoms with van der Waals surface area (Å²) in [5, 5.41) is 6.55. The van der Waals surface area contributed by atoms with Crippen LogP contribution in [-0.2, 0) is 11.8 Å². The van der Waals surface area contributed by atoms with Crippen molar-refractivity contribution in [2.24, 2.45) is 7.05 Å². The van der Waals surface area contributed by atoms with Gasteiger partial charge in [-0.15, -0.1) is 0 Å². The Morgan fingerprint density at radius 3 is 2.67 bits per heavy atom. The van der Waals surface area contributed by atoms with Crippen LogP contribution in [0.4, 0.5) is 13.2 Å². The second-order valence-electron chi connectivity index (χ2n) is 4.02. The Bertz CT molecular complexity index is 400. The SMILES string of the molecule is CCC(NC(=O)CCC(F)(F)F)c1ccnn1C. The zero-order valence-corrected chi connectivity index (χ0v) is 10.3. The van der Waals surface area contributed by atoms with Gasteiger partial charge in [-0.05, 0) is 12.5 Å². The van der Waals surface area contributed by atoms with E-state index in [-0.39, 0.29) is 6.04 Å². The van der Waals surface area contributed by atoms with Gasteiger partial charge in [-0.1, -0.05) is 6.92 Å². The van der Waals surface area contributed by atoms with Crippen LogP contribution in [0.5, 0.6) is 0 Å². The van der Waals surface area contributed by atoms with Crippen LogP contribution in [0.25, 0.3) is 0 Å². The molecule has 7 heteroatoms. The lowest BCUT2D eigenvalue weighted by molar-refractivity contribution is -0.144. The van der Waals surface area contributed by atoms with E-state index in [1.807, 2.05) is 6.92 Å². The summed E-state index contributed by atoms with van der Waals surface area (Å²) in [4.78, 5) is 11.4. The number of alkyl halides is 3. The Labute approximate surface area is 103 Å². The van der Waals surface area contributed by atoms with Crippen LogP contribution in [0.1, 0.15) is 37.9 Å². The topological polar surface area (TPSA) is 46.9 Å². The molecule has 0 aliphatic rings. The summed E-state index contributed by atoms with van der Waals surface area (Å²) in [5.74, 6) is -0.597. The highest BCUT2D eigenvalue weighted by molar-refractivity contribution is 5.76. The molecule has 0 aliphatic heterocycles. The number of aromatic nitrogens is 2. The molecule has 0 saturated heterocycles. The number of amides is 1. The average molecular weight is 263 g/mol. The van der Waals surface area contributed by atoms with Crippen molar-refractivity contribution in [1.82, 2.24) is 15.1 Å². The van der Waals surface area contributed by atoms with E-state index in [1.54, 1.807) is 24.0 Å². The fourth-order valence-corrected chi connectivity index (χ4v) is 1.63. The third kappa shape index (κ3) is 4.38. The Kier molecular flexibility index (Phi) is 4.75. The van der Waals surface area contributed by atoms with E-state index in [2.05, 4.69) is 10.4 Å². The standard InChI is InChI=1S/C11H16F3N3O/c1-3-8(9-5-7-15-17(9)2)16-10(18)4-6-11(12,13)14/h5,7-8H,3-4,6H2,1-2H3,(H,16,18). The van der Waals surface area contributed by atoms with Crippen molar-refractivity contribution in [3.05, 3.63) is 18.0 Å². The van der Waals surface area contributed by atoms with E-state index in [0.717, 1.165) is 5.69 Å². The van der Waals surface area contributed by atoms with Crippen molar-refractivity contribution in [2.75, 3.05) is 0 Å². The van der Waals surface area contributed by atoms with Crippen molar-refractivity contribution < 1.29 is 18.0 Å². The monoisotopic (exact) mass is 263 g/mol. The lowest BCUT2D eigenvalue weighted by Crippen LogP contribution is -2.30. The van der Waals surface area contributed by atoms with Crippen LogP contribution in [0, 0.1) is 0 Å². The number of aryl methyl sites for hydroxylation is 1. The highest BCUT2D eigenvalue weighted by atomic mass is 19.4. The molecule has 0 aromatic carbocycles. The van der Waals surface area contributed by atoms with Crippen LogP contribution in [0.3, 0.4) is 0 Å². The van der Waals surface area contributed by atoms with E-state index >= 15 is 0 Å². The number of rotatable bonds is 5. The van der Waals surface area contributed by atoms with Gasteiger partial charge in [0.05, 0.1) is 18.2 Å². The molecule has 0 aliphatic carbocycles. The van der Waals surface area contributed by atoms with E-state index in [9.17, 15) is 18.0 Å². The van der Waals surface area contributed by atoms with Crippen LogP contribution in [0.2, 0.25) is 0 Å². The van der Waals surface area contributed by atoms with Gasteiger partial charge in [0, 0.05) is 19.7 Å². The van der Waals surface area contributed by atoms with E-state index in [0.29, 0.717) is 6.42 Å². The first-order chi connectivity index (χ1) is 8.33. The molecular weight excluding hydrogens is 247 g/mol. The zero-order valence-electron chi connectivity index (χ0n) is 10.3. The van der Waals surface area contributed by atoms with Crippen molar-refractivity contribution in [2.45, 2.75) is 38.4 Å². The summed E-state index contributed by atoms with van der Waals surface area (Å²) in [6.07, 6.45) is -3.76. The van der Waals surface area contributed by atoms with Crippen LogP contribution in [0.15, 0.2) is 12.3 Å². The zero-order chi connectivity index (χ0) is 13.8. The first kappa shape index (κ1) is 14.5. The largest absolute Gasteiger partial charge is 0.389 e. The number of halogens is 3. The average Bonchev–Trinajstić information content (AvgIpc) is 2.68. The van der Waals surface area contributed by atoms with Gasteiger partial charge in [0.15, 0.2) is 0 Å². The maximum absolute atomic E-state index is 12.0. The van der Waals surface area contributed by atoms with Gasteiger partial charge in [-0.3, -0.25) is 9.48 Å². The summed E-state index contributed by atoms with van der Waals surface area (Å²) in [6.45, 7) is 1.85. The van der Waals surface area contributed by atoms with Gasteiger partial charge in [0.1, 0.15) is 0 Å². The quantitative estimate of drug-likeness (QED) is 0.886. The van der Waals surface area contributed by atoms with Crippen molar-refractivity contribution >= 4 is 5.91 Å². The first-order valence-corrected chi connectivity index (χ1v) is 5.67. The third-order valence-corrected chi connectivity index (χ3v) is 2.59. The number of nitrogens with one attached hydrogen (secondary N) is 1. The molecule has 0 spiro atoms. The van der Waals surface area contributed by atoms with Crippen molar-refractivity contribution in [1.29, 1.82) is 0 Å². The lowest BCUT2D eigenvalue weighted by Gasteiger charge is -2.17. The van der Waals surface area contributed by atoms with Gasteiger partial charge < -0.3 is 5.32 Å². The third-order valence-electron chi connectivity index (χ3n) is 2.59. The molecule has 1 aromatic rings. The first-order valence-electron chi connectivity index (χ1n) is 5.67. The molecule has 1 aromatic heterocycles. The van der Waals surface area contributed by atoms with Crippen LogP contribution >= 0.6 is 0 Å². The summed E-state index contributed by atoms with van der Waals surface area (Å²) in [6, 6.07) is 1.43. The molecule has 0 fully saturated rings. The number of carbonyl (C=O) groups is 1. The van der Waals surface area contributed by atoms with Gasteiger partial charge in [-0.25, -0.2) is 0 Å². The summed E-state index contributed by atoms with van der Waals surface area (Å²) in [7, 11) is 1.72. The minimum atomic E-state index is -4.30. The fourth-order valence-electron chi connectivity index (χ4n) is 1.63. The Balaban J connectivity index is 2.54. The Morgan fingerprint density at radius 2 is 2.22 bits per heavy atom. The Hall–Kier alpha value is -1.53. The van der Waals surface area contributed by atoms with Crippen molar-refractivity contribution in [3.63, 3.8) is 0 Å². The molecular formula is C11H16F3N3O. The number of carbonyl (C=O) groups excluding carboxylic acids is 1. The lowest BCUT2D eigenvalue weighted by atomic mass is 10.1. The summed E-state index contributed by atoms with van der Waals surface area (Å²) < 4.78 is 37.5. The molecule has 0 radical (unpaired) electrons. The molecule has 1 atom stereocenters. The second kappa shape index (κ2) is 5.88. The smallest absolute Gasteiger partial charge is 0.348 e. The van der Waals surface area contributed by atoms with Gasteiger partial charge in [0.2, 0.25) is 5.91 Å². The van der Waals surface area contributed by atoms with Gasteiger partial charge >= 0.3 is 6.18 Å². The highest BCUT2D eigenvalue weighted by Gasteiger charge is 2.28. The molecule has 0 bridgehead atoms. The van der Waals surface area contributed by atoms with E-state index in [1.165, 1.54) is 0 Å². The molecule has 0 saturated carbocycles. The molecule has 1 amide bonds. The van der Waals surface area contributed by atoms with Crippen LogP contribution < -0.4 is 5.32 Å². The van der Waals surface area contributed by atoms with Gasteiger partial charge in [-0.2, -0.15) is 18.3 Å². The maximum Gasteiger partial charge on any atom is 0.389 e. The molecule has 102 valence electrons. The second-order valence-corrected chi connectivity index (χ2v) is 4.02. The maximum atomic E-state index is 12.0. The molecule has 4 nitrogen and oxygen atoms in total. The molecule has 1 rings (SSSR count). The molecule has 1 heterocycles. The predicted octanol–water partition coefficient (Wildman–Crippen LogP) is 2.33. The number of nitrogens with zero attached hydrogens (tertiary/aromatic N) is 2. The highest BCUT2D eigenvalue weighted by Crippen LogP contribution is 2.22. The predicted molar refractivity (Wildman–Crippen MR) is 59.7 cm³/mol. The van der Waals surface area contributed by atoms with Gasteiger partial charge in [0.25, 0.3) is 0 Å². The number of hydrogen-bond acceptors (Lipinski definition) is 2.